The molecule has 286 valence electrons. The summed E-state index contributed by atoms with van der Waals surface area (Å²) in [4.78, 5) is 12.4. The highest BCUT2D eigenvalue weighted by Crippen LogP contribution is 2.16. The van der Waals surface area contributed by atoms with Gasteiger partial charge in [0.2, 0.25) is 5.91 Å². The molecule has 1 unspecified atom stereocenters. The van der Waals surface area contributed by atoms with E-state index in [0.29, 0.717) is 12.8 Å². The lowest BCUT2D eigenvalue weighted by Gasteiger charge is -2.22. The third kappa shape index (κ3) is 32.3. The minimum absolute atomic E-state index is 0.381. The Labute approximate surface area is 298 Å². The molecule has 0 heterocycles. The molecule has 0 rings (SSSR count). The van der Waals surface area contributed by atoms with Gasteiger partial charge in [0.15, 0.2) is 0 Å². The summed E-state index contributed by atoms with van der Waals surface area (Å²) in [7, 11) is 0. The highest BCUT2D eigenvalue weighted by molar-refractivity contribution is 5.80. The molecule has 1 amide bonds. The Morgan fingerprint density at radius 3 is 1.12 bits per heavy atom. The van der Waals surface area contributed by atoms with Crippen molar-refractivity contribution in [2.75, 3.05) is 6.61 Å². The van der Waals surface area contributed by atoms with E-state index in [4.69, 9.17) is 0 Å². The van der Waals surface area contributed by atoms with E-state index < -0.39 is 36.9 Å². The van der Waals surface area contributed by atoms with Crippen LogP contribution in [0.5, 0.6) is 0 Å². The van der Waals surface area contributed by atoms with Gasteiger partial charge in [-0.05, 0) is 12.8 Å². The summed E-state index contributed by atoms with van der Waals surface area (Å²) in [6.07, 6.45) is 39.7. The Kier molecular flexibility index (Phi) is 36.6. The molecule has 0 spiro atoms. The van der Waals surface area contributed by atoms with Crippen LogP contribution in [0, 0.1) is 0 Å². The van der Waals surface area contributed by atoms with Gasteiger partial charge in [0, 0.05) is 0 Å². The fourth-order valence-electron chi connectivity index (χ4n) is 6.56. The van der Waals surface area contributed by atoms with E-state index in [2.05, 4.69) is 19.2 Å². The number of carbonyl (C=O) groups is 1. The molecule has 0 saturated carbocycles. The van der Waals surface area contributed by atoms with Crippen molar-refractivity contribution in [3.63, 3.8) is 0 Å². The van der Waals surface area contributed by atoms with Crippen LogP contribution in [-0.2, 0) is 4.79 Å². The normalized spacial score (nSPS) is 14.4. The van der Waals surface area contributed by atoms with Crippen molar-refractivity contribution in [3.8, 4) is 0 Å². The Balaban J connectivity index is 3.73. The smallest absolute Gasteiger partial charge is 0.249 e. The number of rotatable bonds is 38. The number of hydrogen-bond donors (Lipinski definition) is 5. The first-order valence-electron chi connectivity index (χ1n) is 21.1. The molecule has 0 radical (unpaired) electrons. The van der Waals surface area contributed by atoms with Crippen LogP contribution >= 0.6 is 0 Å². The summed E-state index contributed by atoms with van der Waals surface area (Å²) in [6.45, 7) is 4.07. The maximum Gasteiger partial charge on any atom is 0.249 e. The van der Waals surface area contributed by atoms with Crippen molar-refractivity contribution in [3.05, 3.63) is 12.2 Å². The lowest BCUT2D eigenvalue weighted by atomic mass is 10.0. The second-order valence-corrected chi connectivity index (χ2v) is 14.7. The molecular formula is C42H83NO5. The van der Waals surface area contributed by atoms with E-state index in [1.807, 2.05) is 0 Å². The van der Waals surface area contributed by atoms with Crippen LogP contribution in [0.4, 0.5) is 0 Å². The molecule has 0 aromatic heterocycles. The average molecular weight is 682 g/mol. The summed E-state index contributed by atoms with van der Waals surface area (Å²) in [5, 5.41) is 43.2. The molecule has 0 aromatic carbocycles. The molecule has 0 bridgehead atoms. The number of unbranched alkanes of at least 4 members (excludes halogenated alkanes) is 28. The lowest BCUT2D eigenvalue weighted by molar-refractivity contribution is -0.131. The summed E-state index contributed by atoms with van der Waals surface area (Å²) >= 11 is 0. The Bertz CT molecular complexity index is 687. The molecule has 0 aliphatic rings. The highest BCUT2D eigenvalue weighted by atomic mass is 16.3. The van der Waals surface area contributed by atoms with Gasteiger partial charge in [-0.1, -0.05) is 219 Å². The molecule has 0 aliphatic carbocycles. The van der Waals surface area contributed by atoms with Gasteiger partial charge >= 0.3 is 0 Å². The van der Waals surface area contributed by atoms with Gasteiger partial charge in [0.1, 0.15) is 6.10 Å². The molecule has 6 nitrogen and oxygen atoms in total. The van der Waals surface area contributed by atoms with E-state index >= 15 is 0 Å². The first-order valence-corrected chi connectivity index (χ1v) is 21.1. The lowest BCUT2D eigenvalue weighted by Crippen LogP contribution is -2.48. The van der Waals surface area contributed by atoms with Crippen molar-refractivity contribution in [1.82, 2.24) is 5.32 Å². The van der Waals surface area contributed by atoms with Gasteiger partial charge in [0.05, 0.1) is 24.9 Å². The molecule has 0 aliphatic heterocycles. The van der Waals surface area contributed by atoms with Crippen molar-refractivity contribution >= 4 is 5.91 Å². The largest absolute Gasteiger partial charge is 0.394 e. The molecular weight excluding hydrogens is 598 g/mol. The number of nitrogens with one attached hydrogen (secondary N) is 1. The minimum atomic E-state index is -1.15. The molecule has 6 heteroatoms. The van der Waals surface area contributed by atoms with Crippen molar-refractivity contribution in [1.29, 1.82) is 0 Å². The van der Waals surface area contributed by atoms with E-state index in [1.54, 1.807) is 6.08 Å². The summed E-state index contributed by atoms with van der Waals surface area (Å²) in [5.74, 6) is -0.565. The second kappa shape index (κ2) is 37.3. The fourth-order valence-corrected chi connectivity index (χ4v) is 6.56. The van der Waals surface area contributed by atoms with Crippen LogP contribution < -0.4 is 5.32 Å². The van der Waals surface area contributed by atoms with Crippen LogP contribution in [0.1, 0.15) is 219 Å². The van der Waals surface area contributed by atoms with Gasteiger partial charge in [-0.2, -0.15) is 0 Å². The number of amides is 1. The summed E-state index contributed by atoms with van der Waals surface area (Å²) in [5.41, 5.74) is 0. The van der Waals surface area contributed by atoms with Crippen molar-refractivity contribution in [2.24, 2.45) is 0 Å². The van der Waals surface area contributed by atoms with Crippen molar-refractivity contribution < 1.29 is 25.2 Å². The molecule has 0 saturated heterocycles. The average Bonchev–Trinajstić information content (AvgIpc) is 3.09. The van der Waals surface area contributed by atoms with E-state index in [1.165, 1.54) is 167 Å². The van der Waals surface area contributed by atoms with Crippen LogP contribution in [-0.4, -0.2) is 57.3 Å². The van der Waals surface area contributed by atoms with Gasteiger partial charge in [-0.3, -0.25) is 4.79 Å². The standard InChI is InChI=1S/C42H83NO5/c1-3-5-7-9-11-13-15-16-17-18-19-20-21-22-23-24-26-28-30-32-34-41(47)42(48)43-39(37-44)40(46)36-35-38(45)33-31-29-27-25-14-12-10-8-6-4-2/h35-36,38-41,44-47H,3-34,37H2,1-2H3,(H,43,48)/b36-35+/t38?,39-,40+,41+/m0/s1. The maximum atomic E-state index is 12.4. The number of carbonyl (C=O) groups excluding carboxylic acids is 1. The van der Waals surface area contributed by atoms with Gasteiger partial charge in [0.25, 0.3) is 0 Å². The van der Waals surface area contributed by atoms with Crippen LogP contribution in [0.3, 0.4) is 0 Å². The Morgan fingerprint density at radius 1 is 0.479 bits per heavy atom. The van der Waals surface area contributed by atoms with E-state index in [9.17, 15) is 25.2 Å². The first kappa shape index (κ1) is 47.0. The zero-order chi connectivity index (χ0) is 35.3. The minimum Gasteiger partial charge on any atom is -0.394 e. The van der Waals surface area contributed by atoms with Gasteiger partial charge in [-0.15, -0.1) is 0 Å². The van der Waals surface area contributed by atoms with Gasteiger partial charge < -0.3 is 25.7 Å². The number of hydrogen-bond acceptors (Lipinski definition) is 5. The van der Waals surface area contributed by atoms with Crippen molar-refractivity contribution in [2.45, 2.75) is 244 Å². The Morgan fingerprint density at radius 2 is 0.792 bits per heavy atom. The SMILES string of the molecule is CCCCCCCCCCCCCCCCCCCCCC[C@@H](O)C(=O)N[C@@H](CO)[C@H](O)/C=C/C(O)CCCCCCCCCCCC. The zero-order valence-electron chi connectivity index (χ0n) is 32.0. The third-order valence-electron chi connectivity index (χ3n) is 9.95. The van der Waals surface area contributed by atoms with E-state index in [0.717, 1.165) is 32.1 Å². The number of aliphatic hydroxyl groups excluding tert-OH is 4. The molecule has 48 heavy (non-hydrogen) atoms. The maximum absolute atomic E-state index is 12.4. The quantitative estimate of drug-likeness (QED) is 0.0329. The Hall–Kier alpha value is -0.950. The first-order chi connectivity index (χ1) is 23.5. The second-order valence-electron chi connectivity index (χ2n) is 14.7. The third-order valence-corrected chi connectivity index (χ3v) is 9.95. The molecule has 0 fully saturated rings. The van der Waals surface area contributed by atoms with Crippen LogP contribution in [0.15, 0.2) is 12.2 Å². The highest BCUT2D eigenvalue weighted by Gasteiger charge is 2.22. The monoisotopic (exact) mass is 682 g/mol. The molecule has 0 aromatic rings. The summed E-state index contributed by atoms with van der Waals surface area (Å²) in [6, 6.07) is -0.914. The fraction of sp³-hybridized carbons (Fsp3) is 0.929. The van der Waals surface area contributed by atoms with Gasteiger partial charge in [-0.25, -0.2) is 0 Å². The predicted molar refractivity (Wildman–Crippen MR) is 205 cm³/mol. The predicted octanol–water partition coefficient (Wildman–Crippen LogP) is 10.6. The van der Waals surface area contributed by atoms with Crippen LogP contribution in [0.2, 0.25) is 0 Å². The zero-order valence-corrected chi connectivity index (χ0v) is 32.0. The molecule has 4 atom stereocenters. The van der Waals surface area contributed by atoms with Crippen LogP contribution in [0.25, 0.3) is 0 Å². The van der Waals surface area contributed by atoms with E-state index in [-0.39, 0.29) is 0 Å². The topological polar surface area (TPSA) is 110 Å². The molecule has 5 N–H and O–H groups in total. The number of aliphatic hydroxyl groups is 4. The summed E-state index contributed by atoms with van der Waals surface area (Å²) < 4.78 is 0.